The number of carbonyl (C=O) groups is 1. The van der Waals surface area contributed by atoms with E-state index < -0.39 is 5.97 Å². The van der Waals surface area contributed by atoms with Crippen LogP contribution >= 0.6 is 0 Å². The van der Waals surface area contributed by atoms with E-state index in [0.29, 0.717) is 0 Å². The number of hydrogen-bond acceptors (Lipinski definition) is 1. The predicted octanol–water partition coefficient (Wildman–Crippen LogP) is 32.2. The second-order valence-electron chi connectivity index (χ2n) is 30.6. The van der Waals surface area contributed by atoms with Gasteiger partial charge < -0.3 is 5.11 Å². The van der Waals surface area contributed by atoms with Gasteiger partial charge in [-0.05, 0) is 369 Å². The van der Waals surface area contributed by atoms with Gasteiger partial charge in [0.15, 0.2) is 0 Å². The van der Waals surface area contributed by atoms with Gasteiger partial charge in [-0.15, -0.1) is 0 Å². The summed E-state index contributed by atoms with van der Waals surface area (Å²) >= 11 is 0. The van der Waals surface area contributed by atoms with Crippen molar-refractivity contribution >= 4 is 5.97 Å². The molecule has 2 heteroatoms. The van der Waals surface area contributed by atoms with Crippen molar-refractivity contribution < 1.29 is 9.90 Å². The summed E-state index contributed by atoms with van der Waals surface area (Å²) in [7, 11) is 0. The highest BCUT2D eigenvalue weighted by atomic mass is 16.4. The van der Waals surface area contributed by atoms with Crippen LogP contribution in [0, 0.1) is 5.92 Å². The van der Waals surface area contributed by atoms with Crippen LogP contribution in [0.3, 0.4) is 0 Å². The van der Waals surface area contributed by atoms with Crippen LogP contribution in [-0.4, -0.2) is 11.1 Å². The first-order chi connectivity index (χ1) is 46.2. The summed E-state index contributed by atoms with van der Waals surface area (Å²) in [5.41, 5.74) is 27.2. The van der Waals surface area contributed by atoms with Crippen LogP contribution in [-0.2, 0) is 4.79 Å². The topological polar surface area (TPSA) is 37.3 Å². The maximum atomic E-state index is 10.9. The molecule has 0 rings (SSSR count). The molecule has 0 amide bonds. The number of aliphatic carboxylic acids is 1. The molecule has 0 aliphatic rings. The molecule has 0 aliphatic carbocycles. The lowest BCUT2D eigenvalue weighted by atomic mass is 10.00. The summed E-state index contributed by atoms with van der Waals surface area (Å²) < 4.78 is 0. The summed E-state index contributed by atoms with van der Waals surface area (Å²) in [6, 6.07) is 0. The monoisotopic (exact) mass is 1330 g/mol. The van der Waals surface area contributed by atoms with Crippen molar-refractivity contribution in [2.24, 2.45) is 5.92 Å². The molecule has 0 heterocycles. The van der Waals surface area contributed by atoms with Crippen LogP contribution in [0.25, 0.3) is 0 Å². The third kappa shape index (κ3) is 62.8. The van der Waals surface area contributed by atoms with Crippen molar-refractivity contribution in [1.82, 2.24) is 0 Å². The molecule has 1 unspecified atom stereocenters. The van der Waals surface area contributed by atoms with Crippen LogP contribution in [0.15, 0.2) is 210 Å². The van der Waals surface area contributed by atoms with Gasteiger partial charge in [0.1, 0.15) is 0 Å². The predicted molar refractivity (Wildman–Crippen MR) is 441 cm³/mol. The fourth-order valence-corrected chi connectivity index (χ4v) is 12.1. The first-order valence-electron chi connectivity index (χ1n) is 39.2. The van der Waals surface area contributed by atoms with Crippen molar-refractivity contribution in [3.05, 3.63) is 210 Å². The second-order valence-corrected chi connectivity index (χ2v) is 30.6. The van der Waals surface area contributed by atoms with Gasteiger partial charge in [0.05, 0.1) is 0 Å². The standard InChI is InChI=1S/C95H154O2/c1-76(2)39-21-40-77(3)41-22-42-78(4)43-23-44-79(5)45-24-46-80(6)47-25-48-81(7)49-26-50-82(8)51-27-52-83(9)53-28-54-84(10)55-29-56-85(11)57-30-58-86(12)59-31-60-87(13)61-32-62-88(14)63-33-64-89(15)65-34-66-90(16)67-35-68-91(17)69-36-70-92(18)71-37-72-93(19)73-38-74-94(20)75-95(96)97/h39,41,43,45,47,49,51,53,55,57,59,61,63,65,67,69,71,73,94H,21-38,40,42,44,46,48,50,52,54,56,58,60,62,64,66,68,70,72,74-75H2,1-20H3,(H,96,97)/b77-41+,78-43+,79-45+,80-47+,81-49+,82-51+,83-53+,84-55+,85-57+,86-59+,87-61+,88-63+,89-65+,90-67+,91-69+,92-71+,93-73+. The zero-order valence-electron chi connectivity index (χ0n) is 67.5. The summed E-state index contributed by atoms with van der Waals surface area (Å²) in [6.07, 6.45) is 85.4. The number of hydrogen-bond donors (Lipinski definition) is 1. The van der Waals surface area contributed by atoms with E-state index >= 15 is 0 Å². The van der Waals surface area contributed by atoms with E-state index in [9.17, 15) is 4.79 Å². The van der Waals surface area contributed by atoms with E-state index in [2.05, 4.69) is 241 Å². The molecule has 0 bridgehead atoms. The van der Waals surface area contributed by atoms with Gasteiger partial charge in [-0.3, -0.25) is 4.79 Å². The SMILES string of the molecule is CC(C)=CCC/C(C)=C/CC/C(C)=C/CC/C(C)=C/CC/C(C)=C/CC/C(C)=C/CC/C(C)=C/CC/C(C)=C/CC/C(C)=C/CC/C(C)=C/CC/C(C)=C/CC/C(C)=C/CC/C(C)=C/CC/C(C)=C/CC/C(C)=C/CC/C(C)=C/CC/C(C)=C/CC/C(C)=C/CCC(C)CC(=O)O. The summed E-state index contributed by atoms with van der Waals surface area (Å²) in [4.78, 5) is 10.9. The molecule has 0 saturated carbocycles. The third-order valence-electron chi connectivity index (χ3n) is 19.3. The molecule has 0 fully saturated rings. The molecule has 0 radical (unpaired) electrons. The largest absolute Gasteiger partial charge is 0.481 e. The number of carboxylic acid groups (broad SMARTS) is 1. The lowest BCUT2D eigenvalue weighted by Gasteiger charge is -2.06. The highest BCUT2D eigenvalue weighted by molar-refractivity contribution is 5.66. The lowest BCUT2D eigenvalue weighted by Crippen LogP contribution is -2.03. The van der Waals surface area contributed by atoms with E-state index in [0.717, 1.165) is 167 Å². The zero-order chi connectivity index (χ0) is 72.4. The fourth-order valence-electron chi connectivity index (χ4n) is 12.1. The Morgan fingerprint density at radius 3 is 0.433 bits per heavy atom. The number of rotatable bonds is 56. The quantitative estimate of drug-likeness (QED) is 0.0616. The maximum absolute atomic E-state index is 10.9. The van der Waals surface area contributed by atoms with Crippen LogP contribution in [0.5, 0.6) is 0 Å². The molecule has 1 atom stereocenters. The molecule has 0 aromatic heterocycles. The van der Waals surface area contributed by atoms with Crippen LogP contribution in [0.4, 0.5) is 0 Å². The van der Waals surface area contributed by atoms with Gasteiger partial charge in [-0.25, -0.2) is 0 Å². The molecule has 546 valence electrons. The van der Waals surface area contributed by atoms with Crippen molar-refractivity contribution in [2.75, 3.05) is 0 Å². The minimum atomic E-state index is -0.694. The van der Waals surface area contributed by atoms with E-state index in [-0.39, 0.29) is 12.3 Å². The van der Waals surface area contributed by atoms with E-state index in [4.69, 9.17) is 5.11 Å². The Morgan fingerprint density at radius 2 is 0.320 bits per heavy atom. The molecule has 0 saturated heterocycles. The van der Waals surface area contributed by atoms with Gasteiger partial charge >= 0.3 is 5.97 Å². The highest BCUT2D eigenvalue weighted by Gasteiger charge is 2.07. The Kier molecular flexibility index (Phi) is 57.5. The average molecular weight is 1330 g/mol. The van der Waals surface area contributed by atoms with Gasteiger partial charge in [-0.2, -0.15) is 0 Å². The van der Waals surface area contributed by atoms with Crippen molar-refractivity contribution in [3.8, 4) is 0 Å². The summed E-state index contributed by atoms with van der Waals surface area (Å²) in [5, 5.41) is 8.96. The molecule has 97 heavy (non-hydrogen) atoms. The average Bonchev–Trinajstić information content (AvgIpc) is 3.37. The Bertz CT molecular complexity index is 2770. The number of allylic oxidation sites excluding steroid dienone is 36. The van der Waals surface area contributed by atoms with Gasteiger partial charge in [0.2, 0.25) is 0 Å². The molecule has 2 nitrogen and oxygen atoms in total. The molecule has 0 spiro atoms. The lowest BCUT2D eigenvalue weighted by molar-refractivity contribution is -0.138. The molecular weight excluding hydrogens is 1170 g/mol. The first-order valence-corrected chi connectivity index (χ1v) is 39.2. The normalized spacial score (nSPS) is 15.4. The first kappa shape index (κ1) is 91.8. The summed E-state index contributed by atoms with van der Waals surface area (Å²) in [5.74, 6) is -0.456. The molecular formula is C95H154O2. The van der Waals surface area contributed by atoms with Crippen LogP contribution < -0.4 is 0 Å². The van der Waals surface area contributed by atoms with Gasteiger partial charge in [-0.1, -0.05) is 217 Å². The second kappa shape index (κ2) is 60.7. The van der Waals surface area contributed by atoms with Gasteiger partial charge in [0, 0.05) is 6.42 Å². The van der Waals surface area contributed by atoms with E-state index in [1.54, 1.807) is 0 Å². The Hall–Kier alpha value is -5.21. The minimum Gasteiger partial charge on any atom is -0.481 e. The van der Waals surface area contributed by atoms with E-state index in [1.165, 1.54) is 165 Å². The maximum Gasteiger partial charge on any atom is 0.303 e. The molecule has 0 aromatic rings. The Labute approximate surface area is 604 Å². The highest BCUT2D eigenvalue weighted by Crippen LogP contribution is 2.23. The molecule has 1 N–H and O–H groups in total. The molecule has 0 aromatic carbocycles. The minimum absolute atomic E-state index is 0.238. The van der Waals surface area contributed by atoms with Gasteiger partial charge in [0.25, 0.3) is 0 Å². The Balaban J connectivity index is 4.35. The molecule has 0 aliphatic heterocycles. The summed E-state index contributed by atoms with van der Waals surface area (Å²) in [6.45, 7) is 45.5. The van der Waals surface area contributed by atoms with Crippen molar-refractivity contribution in [2.45, 2.75) is 376 Å². The van der Waals surface area contributed by atoms with E-state index in [1.807, 2.05) is 6.92 Å². The smallest absolute Gasteiger partial charge is 0.303 e. The Morgan fingerprint density at radius 1 is 0.206 bits per heavy atom. The van der Waals surface area contributed by atoms with Crippen molar-refractivity contribution in [1.29, 1.82) is 0 Å². The zero-order valence-corrected chi connectivity index (χ0v) is 67.5. The number of carboxylic acids is 1. The third-order valence-corrected chi connectivity index (χ3v) is 19.3. The van der Waals surface area contributed by atoms with Crippen molar-refractivity contribution in [3.63, 3.8) is 0 Å². The van der Waals surface area contributed by atoms with Crippen LogP contribution in [0.2, 0.25) is 0 Å². The fraction of sp³-hybridized carbons (Fsp3) is 0.611. The van der Waals surface area contributed by atoms with Crippen LogP contribution in [0.1, 0.15) is 376 Å².